The second-order valence-electron chi connectivity index (χ2n) is 9.46. The van der Waals surface area contributed by atoms with E-state index in [0.717, 1.165) is 28.7 Å². The number of hydrogen-bond donors (Lipinski definition) is 3. The average Bonchev–Trinajstić information content (AvgIpc) is 3.41. The number of carboxylic acids is 1. The van der Waals surface area contributed by atoms with Gasteiger partial charge in [-0.05, 0) is 35.1 Å². The van der Waals surface area contributed by atoms with Gasteiger partial charge in [-0.1, -0.05) is 55.0 Å². The summed E-state index contributed by atoms with van der Waals surface area (Å²) in [5.41, 5.74) is 2.34. The molecule has 8 heteroatoms. The monoisotopic (exact) mass is 464 g/mol. The molecule has 1 saturated carbocycles. The molecule has 2 fully saturated rings. The number of hydrogen-bond acceptors (Lipinski definition) is 5. The van der Waals surface area contributed by atoms with Crippen molar-refractivity contribution >= 4 is 18.0 Å². The van der Waals surface area contributed by atoms with Gasteiger partial charge in [0.1, 0.15) is 6.61 Å². The Hall–Kier alpha value is -3.39. The number of ether oxygens (including phenoxy) is 2. The van der Waals surface area contributed by atoms with Crippen LogP contribution in [0.1, 0.15) is 42.7 Å². The first kappa shape index (κ1) is 22.4. The Morgan fingerprint density at radius 1 is 1.00 bits per heavy atom. The summed E-state index contributed by atoms with van der Waals surface area (Å²) < 4.78 is 10.8. The number of fused-ring (bicyclic) bond motifs is 3. The molecule has 178 valence electrons. The van der Waals surface area contributed by atoms with Gasteiger partial charge in [-0.15, -0.1) is 0 Å². The molecule has 2 aliphatic carbocycles. The fourth-order valence-corrected chi connectivity index (χ4v) is 5.21. The Morgan fingerprint density at radius 3 is 2.18 bits per heavy atom. The molecule has 1 atom stereocenters. The molecule has 1 saturated heterocycles. The maximum atomic E-state index is 13.0. The number of rotatable bonds is 7. The molecule has 0 spiro atoms. The third kappa shape index (κ3) is 3.81. The van der Waals surface area contributed by atoms with E-state index >= 15 is 0 Å². The Labute approximate surface area is 197 Å². The van der Waals surface area contributed by atoms with Gasteiger partial charge in [0.25, 0.3) is 0 Å². The summed E-state index contributed by atoms with van der Waals surface area (Å²) in [6.07, 6.45) is 1.65. The van der Waals surface area contributed by atoms with Gasteiger partial charge >= 0.3 is 12.1 Å². The van der Waals surface area contributed by atoms with Crippen molar-refractivity contribution in [3.63, 3.8) is 0 Å². The van der Waals surface area contributed by atoms with Crippen molar-refractivity contribution in [2.24, 2.45) is 5.41 Å². The quantitative estimate of drug-likeness (QED) is 0.580. The van der Waals surface area contributed by atoms with E-state index in [2.05, 4.69) is 34.9 Å². The van der Waals surface area contributed by atoms with E-state index in [1.807, 2.05) is 24.3 Å². The summed E-state index contributed by atoms with van der Waals surface area (Å²) in [5, 5.41) is 15.1. The van der Waals surface area contributed by atoms with Crippen LogP contribution in [-0.4, -0.2) is 55.0 Å². The minimum absolute atomic E-state index is 0.0445. The molecule has 0 aromatic heterocycles. The van der Waals surface area contributed by atoms with Gasteiger partial charge < -0.3 is 25.2 Å². The largest absolute Gasteiger partial charge is 0.479 e. The highest BCUT2D eigenvalue weighted by molar-refractivity contribution is 5.91. The summed E-state index contributed by atoms with van der Waals surface area (Å²) in [6, 6.07) is 16.2. The van der Waals surface area contributed by atoms with Crippen molar-refractivity contribution < 1.29 is 29.0 Å². The SMILES string of the molecule is O=C(NCC1(C(=O)NC2(C(=O)O)CCOC2)CCC1)OCC1c2ccccc2-c2ccccc21. The van der Waals surface area contributed by atoms with E-state index in [0.29, 0.717) is 12.8 Å². The van der Waals surface area contributed by atoms with Crippen LogP contribution in [0.15, 0.2) is 48.5 Å². The topological polar surface area (TPSA) is 114 Å². The summed E-state index contributed by atoms with van der Waals surface area (Å²) in [6.45, 7) is 0.534. The fourth-order valence-electron chi connectivity index (χ4n) is 5.21. The van der Waals surface area contributed by atoms with Gasteiger partial charge in [0, 0.05) is 25.5 Å². The highest BCUT2D eigenvalue weighted by atomic mass is 16.5. The third-order valence-corrected chi connectivity index (χ3v) is 7.49. The molecular formula is C26H28N2O6. The van der Waals surface area contributed by atoms with Crippen LogP contribution in [0.3, 0.4) is 0 Å². The van der Waals surface area contributed by atoms with E-state index in [1.165, 1.54) is 0 Å². The van der Waals surface area contributed by atoms with Crippen LogP contribution in [0.5, 0.6) is 0 Å². The van der Waals surface area contributed by atoms with E-state index in [9.17, 15) is 19.5 Å². The third-order valence-electron chi connectivity index (χ3n) is 7.49. The number of aliphatic carboxylic acids is 1. The zero-order valence-corrected chi connectivity index (χ0v) is 18.8. The lowest BCUT2D eigenvalue weighted by molar-refractivity contribution is -0.151. The molecule has 5 rings (SSSR count). The number of carbonyl (C=O) groups excluding carboxylic acids is 2. The molecule has 1 aliphatic heterocycles. The molecule has 34 heavy (non-hydrogen) atoms. The van der Waals surface area contributed by atoms with Gasteiger partial charge in [0.15, 0.2) is 5.54 Å². The first-order valence-corrected chi connectivity index (χ1v) is 11.7. The smallest absolute Gasteiger partial charge is 0.407 e. The van der Waals surface area contributed by atoms with E-state index in [1.54, 1.807) is 0 Å². The van der Waals surface area contributed by atoms with Crippen LogP contribution in [0.25, 0.3) is 11.1 Å². The van der Waals surface area contributed by atoms with Crippen LogP contribution >= 0.6 is 0 Å². The number of carboxylic acid groups (broad SMARTS) is 1. The van der Waals surface area contributed by atoms with Crippen LogP contribution < -0.4 is 10.6 Å². The Balaban J connectivity index is 1.20. The van der Waals surface area contributed by atoms with Crippen molar-refractivity contribution in [2.75, 3.05) is 26.4 Å². The first-order chi connectivity index (χ1) is 16.4. The van der Waals surface area contributed by atoms with E-state index < -0.39 is 23.0 Å². The second-order valence-corrected chi connectivity index (χ2v) is 9.46. The molecule has 1 heterocycles. The average molecular weight is 465 g/mol. The number of benzene rings is 2. The van der Waals surface area contributed by atoms with E-state index in [4.69, 9.17) is 9.47 Å². The number of alkyl carbamates (subject to hydrolysis) is 1. The molecule has 0 radical (unpaired) electrons. The number of amides is 2. The fraction of sp³-hybridized carbons (Fsp3) is 0.423. The maximum absolute atomic E-state index is 13.0. The molecule has 2 aromatic rings. The Bertz CT molecular complexity index is 1070. The lowest BCUT2D eigenvalue weighted by Gasteiger charge is -2.42. The number of nitrogens with one attached hydrogen (secondary N) is 2. The predicted molar refractivity (Wildman–Crippen MR) is 123 cm³/mol. The summed E-state index contributed by atoms with van der Waals surface area (Å²) in [7, 11) is 0. The van der Waals surface area contributed by atoms with Crippen molar-refractivity contribution in [1.82, 2.24) is 10.6 Å². The molecule has 3 N–H and O–H groups in total. The maximum Gasteiger partial charge on any atom is 0.407 e. The van der Waals surface area contributed by atoms with Gasteiger partial charge in [-0.25, -0.2) is 9.59 Å². The summed E-state index contributed by atoms with van der Waals surface area (Å²) in [4.78, 5) is 37.4. The lowest BCUT2D eigenvalue weighted by Crippen LogP contribution is -2.62. The van der Waals surface area contributed by atoms with Crippen molar-refractivity contribution in [3.05, 3.63) is 59.7 Å². The molecule has 8 nitrogen and oxygen atoms in total. The van der Waals surface area contributed by atoms with Crippen molar-refractivity contribution in [1.29, 1.82) is 0 Å². The van der Waals surface area contributed by atoms with Crippen molar-refractivity contribution in [2.45, 2.75) is 37.1 Å². The van der Waals surface area contributed by atoms with Crippen LogP contribution in [0, 0.1) is 5.41 Å². The van der Waals surface area contributed by atoms with E-state index in [-0.39, 0.29) is 44.6 Å². The Kier molecular flexibility index (Phi) is 5.77. The molecular weight excluding hydrogens is 436 g/mol. The minimum Gasteiger partial charge on any atom is -0.479 e. The first-order valence-electron chi connectivity index (χ1n) is 11.7. The highest BCUT2D eigenvalue weighted by Crippen LogP contribution is 2.45. The van der Waals surface area contributed by atoms with Crippen LogP contribution in [-0.2, 0) is 19.1 Å². The molecule has 2 amide bonds. The summed E-state index contributed by atoms with van der Waals surface area (Å²) in [5.74, 6) is -1.50. The minimum atomic E-state index is -1.40. The van der Waals surface area contributed by atoms with Crippen LogP contribution in [0.4, 0.5) is 4.79 Å². The molecule has 0 bridgehead atoms. The standard InChI is InChI=1S/C26H28N2O6/c29-22(28-26(23(30)31)12-13-33-16-26)25(10-5-11-25)15-27-24(32)34-14-21-19-8-3-1-6-17(19)18-7-2-4-9-20(18)21/h1-4,6-9,21H,5,10-16H2,(H,27,32)(H,28,29)(H,30,31). The normalized spacial score (nSPS) is 22.2. The molecule has 2 aromatic carbocycles. The van der Waals surface area contributed by atoms with Gasteiger partial charge in [0.05, 0.1) is 12.0 Å². The van der Waals surface area contributed by atoms with Gasteiger partial charge in [0.2, 0.25) is 5.91 Å². The van der Waals surface area contributed by atoms with Gasteiger partial charge in [-0.3, -0.25) is 4.79 Å². The van der Waals surface area contributed by atoms with Crippen LogP contribution in [0.2, 0.25) is 0 Å². The molecule has 3 aliphatic rings. The second kappa shape index (κ2) is 8.76. The number of carbonyl (C=O) groups is 3. The zero-order valence-electron chi connectivity index (χ0n) is 18.8. The zero-order chi connectivity index (χ0) is 23.8. The molecule has 1 unspecified atom stereocenters. The van der Waals surface area contributed by atoms with Gasteiger partial charge in [-0.2, -0.15) is 0 Å². The lowest BCUT2D eigenvalue weighted by atomic mass is 9.67. The highest BCUT2D eigenvalue weighted by Gasteiger charge is 2.51. The van der Waals surface area contributed by atoms with Crippen molar-refractivity contribution in [3.8, 4) is 11.1 Å². The Morgan fingerprint density at radius 2 is 1.65 bits per heavy atom. The predicted octanol–water partition coefficient (Wildman–Crippen LogP) is 3.06. The summed E-state index contributed by atoms with van der Waals surface area (Å²) >= 11 is 0.